The maximum Gasteiger partial charge on any atom is 0.120 e. The molecule has 1 fully saturated rings. The fraction of sp³-hybridized carbons (Fsp3) is 0.667. The van der Waals surface area contributed by atoms with Gasteiger partial charge in [-0.1, -0.05) is 26.8 Å². The second-order valence-electron chi connectivity index (χ2n) is 6.53. The highest BCUT2D eigenvalue weighted by Gasteiger charge is 2.51. The molecular formula is C18H29NO. The Morgan fingerprint density at radius 1 is 1.20 bits per heavy atom. The Hall–Kier alpha value is -1.02. The van der Waals surface area contributed by atoms with Gasteiger partial charge in [-0.3, -0.25) is 0 Å². The molecule has 3 atom stereocenters. The minimum Gasteiger partial charge on any atom is -0.490 e. The van der Waals surface area contributed by atoms with Crippen LogP contribution in [0, 0.1) is 19.3 Å². The van der Waals surface area contributed by atoms with E-state index in [0.29, 0.717) is 12.1 Å². The Balaban J connectivity index is 2.03. The van der Waals surface area contributed by atoms with Gasteiger partial charge in [-0.25, -0.2) is 0 Å². The molecule has 112 valence electrons. The van der Waals surface area contributed by atoms with Crippen molar-refractivity contribution in [2.24, 2.45) is 5.41 Å². The molecule has 2 nitrogen and oxygen atoms in total. The third-order valence-corrected chi connectivity index (χ3v) is 4.86. The van der Waals surface area contributed by atoms with Crippen LogP contribution in [0.3, 0.4) is 0 Å². The molecule has 0 aromatic heterocycles. The second kappa shape index (κ2) is 6.17. The molecule has 2 rings (SSSR count). The maximum absolute atomic E-state index is 6.29. The predicted molar refractivity (Wildman–Crippen MR) is 85.4 cm³/mol. The normalized spacial score (nSPS) is 29.1. The lowest BCUT2D eigenvalue weighted by Gasteiger charge is -2.53. The molecule has 1 aromatic rings. The summed E-state index contributed by atoms with van der Waals surface area (Å²) in [6.07, 6.45) is 3.81. The lowest BCUT2D eigenvalue weighted by molar-refractivity contribution is -0.0701. The first-order valence-electron chi connectivity index (χ1n) is 7.98. The highest BCUT2D eigenvalue weighted by Crippen LogP contribution is 2.46. The van der Waals surface area contributed by atoms with Crippen LogP contribution < -0.4 is 10.1 Å². The maximum atomic E-state index is 6.29. The van der Waals surface area contributed by atoms with Crippen molar-refractivity contribution in [3.8, 4) is 5.75 Å². The number of ether oxygens (including phenoxy) is 1. The van der Waals surface area contributed by atoms with Crippen LogP contribution in [0.25, 0.3) is 0 Å². The summed E-state index contributed by atoms with van der Waals surface area (Å²) in [7, 11) is 0. The van der Waals surface area contributed by atoms with E-state index in [0.717, 1.165) is 25.1 Å². The van der Waals surface area contributed by atoms with Crippen LogP contribution in [0.5, 0.6) is 5.75 Å². The molecule has 0 amide bonds. The van der Waals surface area contributed by atoms with E-state index in [2.05, 4.69) is 58.1 Å². The molecule has 3 unspecified atom stereocenters. The molecule has 0 aliphatic heterocycles. The molecule has 1 aliphatic rings. The molecule has 1 saturated carbocycles. The molecule has 20 heavy (non-hydrogen) atoms. The molecule has 2 heteroatoms. The van der Waals surface area contributed by atoms with Crippen LogP contribution in [0.4, 0.5) is 0 Å². The molecule has 0 saturated heterocycles. The summed E-state index contributed by atoms with van der Waals surface area (Å²) in [5.74, 6) is 1.03. The molecule has 0 spiro atoms. The van der Waals surface area contributed by atoms with Crippen molar-refractivity contribution in [1.82, 2.24) is 5.32 Å². The van der Waals surface area contributed by atoms with Crippen LogP contribution in [0.1, 0.15) is 51.2 Å². The lowest BCUT2D eigenvalue weighted by atomic mass is 9.61. The number of nitrogens with one attached hydrogen (secondary N) is 1. The summed E-state index contributed by atoms with van der Waals surface area (Å²) in [4.78, 5) is 0. The molecule has 0 radical (unpaired) electrons. The van der Waals surface area contributed by atoms with E-state index in [1.54, 1.807) is 0 Å². The van der Waals surface area contributed by atoms with Gasteiger partial charge >= 0.3 is 0 Å². The van der Waals surface area contributed by atoms with Gasteiger partial charge in [0.15, 0.2) is 0 Å². The second-order valence-corrected chi connectivity index (χ2v) is 6.53. The standard InChI is InChI=1S/C18H29NO/c1-6-8-19-16-12-17(18(16,5)7-2)20-15-10-13(3)9-14(4)11-15/h9-11,16-17,19H,6-8,12H2,1-5H3. The number of rotatable bonds is 6. The van der Waals surface area contributed by atoms with Crippen molar-refractivity contribution in [3.63, 3.8) is 0 Å². The molecule has 1 aromatic carbocycles. The van der Waals surface area contributed by atoms with E-state index in [9.17, 15) is 0 Å². The quantitative estimate of drug-likeness (QED) is 0.838. The van der Waals surface area contributed by atoms with Crippen molar-refractivity contribution >= 4 is 0 Å². The average Bonchev–Trinajstić information content (AvgIpc) is 2.40. The SMILES string of the molecule is CCCNC1CC(Oc2cc(C)cc(C)c2)C1(C)CC. The van der Waals surface area contributed by atoms with E-state index in [1.165, 1.54) is 17.5 Å². The van der Waals surface area contributed by atoms with E-state index in [-0.39, 0.29) is 5.41 Å². The van der Waals surface area contributed by atoms with Gasteiger partial charge < -0.3 is 10.1 Å². The van der Waals surface area contributed by atoms with E-state index in [1.807, 2.05) is 0 Å². The number of aryl methyl sites for hydroxylation is 2. The van der Waals surface area contributed by atoms with Crippen LogP contribution in [-0.2, 0) is 0 Å². The van der Waals surface area contributed by atoms with Crippen molar-refractivity contribution in [2.75, 3.05) is 6.54 Å². The molecule has 0 heterocycles. The highest BCUT2D eigenvalue weighted by molar-refractivity contribution is 5.33. The lowest BCUT2D eigenvalue weighted by Crippen LogP contribution is -2.63. The van der Waals surface area contributed by atoms with Gasteiger partial charge in [0.05, 0.1) is 0 Å². The largest absolute Gasteiger partial charge is 0.490 e. The summed E-state index contributed by atoms with van der Waals surface area (Å²) in [5, 5.41) is 3.67. The topological polar surface area (TPSA) is 21.3 Å². The van der Waals surface area contributed by atoms with E-state index in [4.69, 9.17) is 4.74 Å². The minimum absolute atomic E-state index is 0.257. The Bertz CT molecular complexity index is 436. The summed E-state index contributed by atoms with van der Waals surface area (Å²) in [5.41, 5.74) is 2.81. The molecule has 1 aliphatic carbocycles. The Morgan fingerprint density at radius 2 is 1.85 bits per heavy atom. The zero-order valence-corrected chi connectivity index (χ0v) is 13.6. The fourth-order valence-corrected chi connectivity index (χ4v) is 3.27. The van der Waals surface area contributed by atoms with Gasteiger partial charge in [-0.05, 0) is 56.5 Å². The summed E-state index contributed by atoms with van der Waals surface area (Å²) >= 11 is 0. The van der Waals surface area contributed by atoms with Crippen LogP contribution in [0.15, 0.2) is 18.2 Å². The van der Waals surface area contributed by atoms with Crippen molar-refractivity contribution in [2.45, 2.75) is 66.0 Å². The smallest absolute Gasteiger partial charge is 0.120 e. The monoisotopic (exact) mass is 275 g/mol. The number of hydrogen-bond donors (Lipinski definition) is 1. The average molecular weight is 275 g/mol. The van der Waals surface area contributed by atoms with Gasteiger partial charge in [-0.2, -0.15) is 0 Å². The number of benzene rings is 1. The van der Waals surface area contributed by atoms with Gasteiger partial charge in [-0.15, -0.1) is 0 Å². The number of hydrogen-bond acceptors (Lipinski definition) is 2. The predicted octanol–water partition coefficient (Wildman–Crippen LogP) is 4.24. The summed E-state index contributed by atoms with van der Waals surface area (Å²) < 4.78 is 6.29. The summed E-state index contributed by atoms with van der Waals surface area (Å²) in [6.45, 7) is 12.2. The van der Waals surface area contributed by atoms with Crippen molar-refractivity contribution < 1.29 is 4.74 Å². The Kier molecular flexibility index (Phi) is 4.74. The first kappa shape index (κ1) is 15.4. The molecule has 0 bridgehead atoms. The molecule has 1 N–H and O–H groups in total. The van der Waals surface area contributed by atoms with Crippen LogP contribution in [-0.4, -0.2) is 18.7 Å². The first-order valence-corrected chi connectivity index (χ1v) is 7.98. The fourth-order valence-electron chi connectivity index (χ4n) is 3.27. The third kappa shape index (κ3) is 3.01. The highest BCUT2D eigenvalue weighted by atomic mass is 16.5. The first-order chi connectivity index (χ1) is 9.49. The molecular weight excluding hydrogens is 246 g/mol. The van der Waals surface area contributed by atoms with Crippen molar-refractivity contribution in [1.29, 1.82) is 0 Å². The van der Waals surface area contributed by atoms with E-state index < -0.39 is 0 Å². The van der Waals surface area contributed by atoms with Crippen LogP contribution in [0.2, 0.25) is 0 Å². The van der Waals surface area contributed by atoms with Gasteiger partial charge in [0.2, 0.25) is 0 Å². The van der Waals surface area contributed by atoms with Crippen molar-refractivity contribution in [3.05, 3.63) is 29.3 Å². The zero-order valence-electron chi connectivity index (χ0n) is 13.6. The summed E-state index contributed by atoms with van der Waals surface area (Å²) in [6, 6.07) is 7.09. The third-order valence-electron chi connectivity index (χ3n) is 4.86. The Labute approximate surface area is 123 Å². The van der Waals surface area contributed by atoms with Gasteiger partial charge in [0.25, 0.3) is 0 Å². The van der Waals surface area contributed by atoms with Gasteiger partial charge in [0, 0.05) is 17.9 Å². The zero-order chi connectivity index (χ0) is 14.8. The Morgan fingerprint density at radius 3 is 2.40 bits per heavy atom. The minimum atomic E-state index is 0.257. The van der Waals surface area contributed by atoms with Gasteiger partial charge in [0.1, 0.15) is 11.9 Å². The van der Waals surface area contributed by atoms with E-state index >= 15 is 0 Å². The van der Waals surface area contributed by atoms with Crippen LogP contribution >= 0.6 is 0 Å².